The lowest BCUT2D eigenvalue weighted by Crippen LogP contribution is -2.39. The summed E-state index contributed by atoms with van der Waals surface area (Å²) in [6, 6.07) is 0. The molecule has 0 spiro atoms. The van der Waals surface area contributed by atoms with Crippen LogP contribution in [0.2, 0.25) is 0 Å². The predicted octanol–water partition coefficient (Wildman–Crippen LogP) is 0.901. The van der Waals surface area contributed by atoms with Crippen molar-refractivity contribution in [2.24, 2.45) is 11.1 Å². The molecule has 2 amide bonds. The van der Waals surface area contributed by atoms with Crippen molar-refractivity contribution in [3.8, 4) is 0 Å². The molecular formula is C15H18N4O3S. The molecule has 4 rings (SSSR count). The summed E-state index contributed by atoms with van der Waals surface area (Å²) >= 11 is 1.46. The minimum atomic E-state index is -0.208. The van der Waals surface area contributed by atoms with Gasteiger partial charge in [0.05, 0.1) is 17.5 Å². The van der Waals surface area contributed by atoms with Crippen molar-refractivity contribution in [2.45, 2.75) is 25.9 Å². The molecule has 8 heteroatoms. The lowest BCUT2D eigenvalue weighted by Gasteiger charge is -2.18. The van der Waals surface area contributed by atoms with Crippen LogP contribution in [0, 0.1) is 12.8 Å². The summed E-state index contributed by atoms with van der Waals surface area (Å²) < 4.78 is 0. The quantitative estimate of drug-likeness (QED) is 0.805. The van der Waals surface area contributed by atoms with Crippen molar-refractivity contribution in [2.75, 3.05) is 26.2 Å². The smallest absolute Gasteiger partial charge is 0.273 e. The Bertz CT molecular complexity index is 680. The number of hydrogen-bond donors (Lipinski definition) is 0. The van der Waals surface area contributed by atoms with E-state index in [4.69, 9.17) is 4.84 Å². The Kier molecular flexibility index (Phi) is 3.56. The first-order valence-electron chi connectivity index (χ1n) is 7.88. The molecule has 7 nitrogen and oxygen atoms in total. The summed E-state index contributed by atoms with van der Waals surface area (Å²) in [7, 11) is 0. The van der Waals surface area contributed by atoms with Crippen LogP contribution in [0.3, 0.4) is 0 Å². The Hall–Kier alpha value is -1.96. The lowest BCUT2D eigenvalue weighted by molar-refractivity contribution is -0.123. The molecule has 0 saturated carbocycles. The highest BCUT2D eigenvalue weighted by Gasteiger charge is 2.47. The minimum Gasteiger partial charge on any atom is -0.389 e. The molecule has 3 aliphatic rings. The van der Waals surface area contributed by atoms with E-state index in [1.807, 2.05) is 11.8 Å². The second kappa shape index (κ2) is 5.59. The number of oxime groups is 1. The van der Waals surface area contributed by atoms with Gasteiger partial charge in [0.25, 0.3) is 11.8 Å². The number of amides is 2. The molecular weight excluding hydrogens is 316 g/mol. The third-order valence-corrected chi connectivity index (χ3v) is 5.42. The highest BCUT2D eigenvalue weighted by Crippen LogP contribution is 2.29. The van der Waals surface area contributed by atoms with Crippen molar-refractivity contribution < 1.29 is 14.4 Å². The molecule has 0 unspecified atom stereocenters. The second-order valence-electron chi connectivity index (χ2n) is 6.19. The second-order valence-corrected chi connectivity index (χ2v) is 7.25. The van der Waals surface area contributed by atoms with Gasteiger partial charge in [-0.25, -0.2) is 4.98 Å². The number of hydrogen-bond acceptors (Lipinski definition) is 6. The van der Waals surface area contributed by atoms with Gasteiger partial charge in [-0.05, 0) is 19.8 Å². The maximum atomic E-state index is 12.5. The fourth-order valence-electron chi connectivity index (χ4n) is 3.40. The van der Waals surface area contributed by atoms with Crippen molar-refractivity contribution in [3.63, 3.8) is 0 Å². The molecule has 0 N–H and O–H groups in total. The van der Waals surface area contributed by atoms with Crippen LogP contribution in [0.25, 0.3) is 0 Å². The van der Waals surface area contributed by atoms with Crippen LogP contribution in [-0.2, 0) is 9.63 Å². The molecule has 2 fully saturated rings. The van der Waals surface area contributed by atoms with Crippen molar-refractivity contribution in [1.82, 2.24) is 14.8 Å². The van der Waals surface area contributed by atoms with E-state index in [-0.39, 0.29) is 23.8 Å². The molecule has 4 heterocycles. The van der Waals surface area contributed by atoms with Gasteiger partial charge in [-0.2, -0.15) is 0 Å². The summed E-state index contributed by atoms with van der Waals surface area (Å²) in [5, 5.41) is 6.65. The summed E-state index contributed by atoms with van der Waals surface area (Å²) in [5.41, 5.74) is 0.943. The zero-order valence-corrected chi connectivity index (χ0v) is 13.7. The van der Waals surface area contributed by atoms with Gasteiger partial charge in [-0.1, -0.05) is 5.16 Å². The van der Waals surface area contributed by atoms with Gasteiger partial charge < -0.3 is 14.6 Å². The van der Waals surface area contributed by atoms with E-state index in [9.17, 15) is 9.59 Å². The Balaban J connectivity index is 1.46. The van der Waals surface area contributed by atoms with E-state index < -0.39 is 0 Å². The molecule has 122 valence electrons. The van der Waals surface area contributed by atoms with Gasteiger partial charge in [-0.15, -0.1) is 11.3 Å². The molecule has 2 saturated heterocycles. The molecule has 3 aliphatic heterocycles. The van der Waals surface area contributed by atoms with Crippen LogP contribution in [0.5, 0.6) is 0 Å². The first-order valence-corrected chi connectivity index (χ1v) is 8.76. The van der Waals surface area contributed by atoms with Crippen LogP contribution in [0.15, 0.2) is 10.5 Å². The number of nitrogens with zero attached hydrogens (tertiary/aromatic N) is 4. The van der Waals surface area contributed by atoms with E-state index in [1.54, 1.807) is 10.3 Å². The lowest BCUT2D eigenvalue weighted by atomic mass is 10.00. The van der Waals surface area contributed by atoms with Crippen molar-refractivity contribution in [3.05, 3.63) is 16.1 Å². The van der Waals surface area contributed by atoms with Crippen LogP contribution >= 0.6 is 11.3 Å². The maximum absolute atomic E-state index is 12.5. The number of fused-ring (bicyclic) bond motifs is 1. The van der Waals surface area contributed by atoms with Crippen LogP contribution in [0.4, 0.5) is 0 Å². The van der Waals surface area contributed by atoms with Crippen LogP contribution in [0.1, 0.15) is 28.3 Å². The first kappa shape index (κ1) is 14.6. The number of rotatable bonds is 2. The third-order valence-electron chi connectivity index (χ3n) is 4.64. The molecule has 0 aromatic carbocycles. The first-order chi connectivity index (χ1) is 11.1. The van der Waals surface area contributed by atoms with Gasteiger partial charge >= 0.3 is 0 Å². The standard InChI is InChI=1S/C15H18N4O3S/c1-9-16-11(8-23-9)14(20)19-6-10-12(7-19)22-17-13(10)15(21)18-4-2-3-5-18/h8,10,12H,2-7H2,1H3/t10-,12+/m0/s1. The monoisotopic (exact) mass is 334 g/mol. The zero-order chi connectivity index (χ0) is 16.0. The van der Waals surface area contributed by atoms with Crippen molar-refractivity contribution in [1.29, 1.82) is 0 Å². The molecule has 23 heavy (non-hydrogen) atoms. The maximum Gasteiger partial charge on any atom is 0.273 e. The largest absolute Gasteiger partial charge is 0.389 e. The number of carbonyl (C=O) groups excluding carboxylic acids is 2. The molecule has 1 aromatic heterocycles. The van der Waals surface area contributed by atoms with Crippen LogP contribution < -0.4 is 0 Å². The number of thiazole rings is 1. The van der Waals surface area contributed by atoms with Crippen molar-refractivity contribution >= 4 is 28.9 Å². The molecule has 0 aliphatic carbocycles. The minimum absolute atomic E-state index is 0.0335. The van der Waals surface area contributed by atoms with E-state index >= 15 is 0 Å². The van der Waals surface area contributed by atoms with E-state index in [0.29, 0.717) is 24.5 Å². The van der Waals surface area contributed by atoms with Gasteiger partial charge in [0.2, 0.25) is 0 Å². The summed E-state index contributed by atoms with van der Waals surface area (Å²) in [4.78, 5) is 38.3. The summed E-state index contributed by atoms with van der Waals surface area (Å²) in [6.07, 6.45) is 1.88. The number of carbonyl (C=O) groups is 2. The van der Waals surface area contributed by atoms with E-state index in [0.717, 1.165) is 30.9 Å². The molecule has 1 aromatic rings. The van der Waals surface area contributed by atoms with Gasteiger partial charge in [0.1, 0.15) is 5.69 Å². The van der Waals surface area contributed by atoms with E-state index in [1.165, 1.54) is 11.3 Å². The Morgan fingerprint density at radius 3 is 2.70 bits per heavy atom. The number of aryl methyl sites for hydroxylation is 1. The number of likely N-dealkylation sites (tertiary alicyclic amines) is 2. The Morgan fingerprint density at radius 1 is 1.22 bits per heavy atom. The topological polar surface area (TPSA) is 75.1 Å². The predicted molar refractivity (Wildman–Crippen MR) is 84.4 cm³/mol. The Labute approximate surface area is 137 Å². The van der Waals surface area contributed by atoms with Gasteiger partial charge in [0.15, 0.2) is 11.8 Å². The highest BCUT2D eigenvalue weighted by atomic mass is 32.1. The normalized spacial score (nSPS) is 26.2. The fourth-order valence-corrected chi connectivity index (χ4v) is 3.99. The molecule has 0 radical (unpaired) electrons. The van der Waals surface area contributed by atoms with Gasteiger partial charge in [-0.3, -0.25) is 9.59 Å². The average Bonchev–Trinajstić information content (AvgIpc) is 3.29. The van der Waals surface area contributed by atoms with Gasteiger partial charge in [0, 0.05) is 25.0 Å². The summed E-state index contributed by atoms with van der Waals surface area (Å²) in [5.74, 6) is -0.249. The summed E-state index contributed by atoms with van der Waals surface area (Å²) in [6.45, 7) is 4.38. The highest BCUT2D eigenvalue weighted by molar-refractivity contribution is 7.09. The average molecular weight is 334 g/mol. The molecule has 0 bridgehead atoms. The van der Waals surface area contributed by atoms with Crippen LogP contribution in [-0.4, -0.2) is 64.6 Å². The van der Waals surface area contributed by atoms with E-state index in [2.05, 4.69) is 10.1 Å². The Morgan fingerprint density at radius 2 is 2.00 bits per heavy atom. The zero-order valence-electron chi connectivity index (χ0n) is 12.9. The fraction of sp³-hybridized carbons (Fsp3) is 0.600. The molecule has 2 atom stereocenters. The number of aromatic nitrogens is 1. The SMILES string of the molecule is Cc1nc(C(=O)N2C[C@@H]3C(C(=O)N4CCCC4)=NO[C@@H]3C2)cs1. The third kappa shape index (κ3) is 2.50.